The van der Waals surface area contributed by atoms with E-state index >= 15 is 0 Å². The van der Waals surface area contributed by atoms with Crippen molar-refractivity contribution in [1.82, 2.24) is 25.0 Å². The van der Waals surface area contributed by atoms with Crippen LogP contribution in [0.4, 0.5) is 0 Å². The van der Waals surface area contributed by atoms with Crippen molar-refractivity contribution in [3.05, 3.63) is 60.2 Å². The number of carbonyl (C=O) groups is 1. The van der Waals surface area contributed by atoms with Crippen molar-refractivity contribution in [2.24, 2.45) is 0 Å². The summed E-state index contributed by atoms with van der Waals surface area (Å²) in [5.74, 6) is 1.61. The number of benzene rings is 2. The Morgan fingerprint density at radius 2 is 1.81 bits per heavy atom. The third kappa shape index (κ3) is 5.45. The summed E-state index contributed by atoms with van der Waals surface area (Å²) in [5, 5.41) is 7.58. The lowest BCUT2D eigenvalue weighted by Crippen LogP contribution is -2.50. The first-order chi connectivity index (χ1) is 15.1. The average Bonchev–Trinajstić information content (AvgIpc) is 3.28. The number of aromatic nitrogens is 3. The third-order valence-corrected chi connectivity index (χ3v) is 6.34. The average molecular weight is 438 g/mol. The van der Waals surface area contributed by atoms with E-state index in [1.165, 1.54) is 17.3 Å². The summed E-state index contributed by atoms with van der Waals surface area (Å²) >= 11 is 1.39. The van der Waals surface area contributed by atoms with Crippen molar-refractivity contribution >= 4 is 17.7 Å². The van der Waals surface area contributed by atoms with E-state index in [1.807, 2.05) is 42.2 Å². The maximum Gasteiger partial charge on any atom is 0.235 e. The molecule has 4 rings (SSSR count). The maximum atomic E-state index is 12.9. The van der Waals surface area contributed by atoms with Crippen molar-refractivity contribution in [2.45, 2.75) is 23.9 Å². The standard InChI is InChI=1S/C23H27N5O2S/c1-17(31-23-24-21(25-26-23)19-8-10-20(30-2)11-9-19)22(29)28-14-12-27(13-15-28)16-18-6-4-3-5-7-18/h3-11,17H,12-16H2,1-2H3,(H,24,25,26)/t17-/m1/s1. The van der Waals surface area contributed by atoms with Gasteiger partial charge in [-0.25, -0.2) is 4.98 Å². The number of rotatable bonds is 7. The molecule has 0 spiro atoms. The van der Waals surface area contributed by atoms with Crippen molar-refractivity contribution < 1.29 is 9.53 Å². The molecular formula is C23H27N5O2S. The molecule has 0 radical (unpaired) electrons. The van der Waals surface area contributed by atoms with Crippen molar-refractivity contribution in [1.29, 1.82) is 0 Å². The van der Waals surface area contributed by atoms with E-state index in [4.69, 9.17) is 4.74 Å². The number of methoxy groups -OCH3 is 1. The minimum Gasteiger partial charge on any atom is -0.497 e. The molecule has 3 aromatic rings. The van der Waals surface area contributed by atoms with Crippen LogP contribution >= 0.6 is 11.8 Å². The molecule has 31 heavy (non-hydrogen) atoms. The second-order valence-corrected chi connectivity index (χ2v) is 8.85. The molecule has 1 amide bonds. The van der Waals surface area contributed by atoms with Gasteiger partial charge in [0.05, 0.1) is 12.4 Å². The molecule has 1 saturated heterocycles. The smallest absolute Gasteiger partial charge is 0.235 e. The quantitative estimate of drug-likeness (QED) is 0.572. The lowest BCUT2D eigenvalue weighted by molar-refractivity contribution is -0.132. The van der Waals surface area contributed by atoms with Crippen LogP contribution in [0, 0.1) is 0 Å². The third-order valence-electron chi connectivity index (χ3n) is 5.39. The fraction of sp³-hybridized carbons (Fsp3) is 0.348. The molecule has 0 bridgehead atoms. The van der Waals surface area contributed by atoms with Gasteiger partial charge >= 0.3 is 0 Å². The molecule has 162 valence electrons. The molecule has 0 saturated carbocycles. The number of ether oxygens (including phenoxy) is 1. The van der Waals surface area contributed by atoms with E-state index in [0.717, 1.165) is 44.0 Å². The highest BCUT2D eigenvalue weighted by Crippen LogP contribution is 2.25. The summed E-state index contributed by atoms with van der Waals surface area (Å²) in [4.78, 5) is 21.8. The van der Waals surface area contributed by atoms with E-state index in [-0.39, 0.29) is 11.2 Å². The van der Waals surface area contributed by atoms with Crippen LogP contribution in [-0.2, 0) is 11.3 Å². The molecule has 1 aliphatic heterocycles. The summed E-state index contributed by atoms with van der Waals surface area (Å²) in [5.41, 5.74) is 2.23. The van der Waals surface area contributed by atoms with Gasteiger partial charge in [0.15, 0.2) is 5.82 Å². The van der Waals surface area contributed by atoms with Crippen LogP contribution < -0.4 is 4.74 Å². The van der Waals surface area contributed by atoms with E-state index < -0.39 is 0 Å². The number of thioether (sulfide) groups is 1. The van der Waals surface area contributed by atoms with Gasteiger partial charge in [0.25, 0.3) is 0 Å². The van der Waals surface area contributed by atoms with E-state index in [1.54, 1.807) is 7.11 Å². The Kier molecular flexibility index (Phi) is 6.89. The highest BCUT2D eigenvalue weighted by molar-refractivity contribution is 8.00. The molecule has 2 aromatic carbocycles. The number of aromatic amines is 1. The van der Waals surface area contributed by atoms with Crippen molar-refractivity contribution in [2.75, 3.05) is 33.3 Å². The lowest BCUT2D eigenvalue weighted by atomic mass is 10.2. The second-order valence-electron chi connectivity index (χ2n) is 7.54. The second kappa shape index (κ2) is 9.98. The first-order valence-electron chi connectivity index (χ1n) is 10.4. The predicted molar refractivity (Wildman–Crippen MR) is 122 cm³/mol. The van der Waals surface area contributed by atoms with Crippen LogP contribution in [0.1, 0.15) is 12.5 Å². The molecule has 1 aliphatic rings. The zero-order chi connectivity index (χ0) is 21.6. The van der Waals surface area contributed by atoms with Crippen LogP contribution in [-0.4, -0.2) is 69.4 Å². The van der Waals surface area contributed by atoms with Gasteiger partial charge < -0.3 is 9.64 Å². The van der Waals surface area contributed by atoms with Gasteiger partial charge in [0.1, 0.15) is 5.75 Å². The van der Waals surface area contributed by atoms with Gasteiger partial charge in [0.2, 0.25) is 11.1 Å². The Bertz CT molecular complexity index is 985. The fourth-order valence-corrected chi connectivity index (χ4v) is 4.42. The summed E-state index contributed by atoms with van der Waals surface area (Å²) < 4.78 is 5.19. The summed E-state index contributed by atoms with van der Waals surface area (Å²) in [6, 6.07) is 18.1. The highest BCUT2D eigenvalue weighted by Gasteiger charge is 2.26. The van der Waals surface area contributed by atoms with Crippen molar-refractivity contribution in [3.8, 4) is 17.1 Å². The number of amides is 1. The normalized spacial score (nSPS) is 15.6. The highest BCUT2D eigenvalue weighted by atomic mass is 32.2. The molecule has 0 unspecified atom stereocenters. The Morgan fingerprint density at radius 1 is 1.10 bits per heavy atom. The number of hydrogen-bond donors (Lipinski definition) is 1. The van der Waals surface area contributed by atoms with E-state index in [0.29, 0.717) is 11.0 Å². The zero-order valence-corrected chi connectivity index (χ0v) is 18.6. The van der Waals surface area contributed by atoms with Gasteiger partial charge in [-0.1, -0.05) is 42.1 Å². The van der Waals surface area contributed by atoms with E-state index in [9.17, 15) is 4.79 Å². The minimum absolute atomic E-state index is 0.139. The number of nitrogens with zero attached hydrogens (tertiary/aromatic N) is 4. The van der Waals surface area contributed by atoms with Crippen LogP contribution in [0.15, 0.2) is 59.8 Å². The SMILES string of the molecule is COc1ccc(-c2nc(S[C@H](C)C(=O)N3CCN(Cc4ccccc4)CC3)n[nH]2)cc1. The van der Waals surface area contributed by atoms with Gasteiger partial charge in [-0.15, -0.1) is 5.10 Å². The monoisotopic (exact) mass is 437 g/mol. The zero-order valence-electron chi connectivity index (χ0n) is 17.8. The molecule has 2 heterocycles. The Labute approximate surface area is 186 Å². The molecule has 1 fully saturated rings. The topological polar surface area (TPSA) is 74.3 Å². The van der Waals surface area contributed by atoms with E-state index in [2.05, 4.69) is 44.3 Å². The lowest BCUT2D eigenvalue weighted by Gasteiger charge is -2.35. The van der Waals surface area contributed by atoms with Crippen LogP contribution in [0.3, 0.4) is 0 Å². The van der Waals surface area contributed by atoms with Crippen LogP contribution in [0.25, 0.3) is 11.4 Å². The summed E-state index contributed by atoms with van der Waals surface area (Å²) in [6.45, 7) is 6.13. The molecule has 8 heteroatoms. The molecule has 1 aromatic heterocycles. The number of hydrogen-bond acceptors (Lipinski definition) is 6. The summed E-state index contributed by atoms with van der Waals surface area (Å²) in [7, 11) is 1.64. The van der Waals surface area contributed by atoms with Gasteiger partial charge in [-0.2, -0.15) is 0 Å². The fourth-order valence-electron chi connectivity index (χ4n) is 3.61. The number of H-pyrrole nitrogens is 1. The minimum atomic E-state index is -0.236. The first-order valence-corrected chi connectivity index (χ1v) is 11.3. The van der Waals surface area contributed by atoms with Gasteiger partial charge in [-0.05, 0) is 36.8 Å². The van der Waals surface area contributed by atoms with Gasteiger partial charge in [0, 0.05) is 38.3 Å². The largest absolute Gasteiger partial charge is 0.497 e. The predicted octanol–water partition coefficient (Wildman–Crippen LogP) is 3.31. The Hall–Kier alpha value is -2.84. The Balaban J connectivity index is 1.28. The molecule has 0 aliphatic carbocycles. The van der Waals surface area contributed by atoms with Crippen LogP contribution in [0.2, 0.25) is 0 Å². The van der Waals surface area contributed by atoms with Gasteiger partial charge in [-0.3, -0.25) is 14.8 Å². The Morgan fingerprint density at radius 3 is 2.48 bits per heavy atom. The summed E-state index contributed by atoms with van der Waals surface area (Å²) in [6.07, 6.45) is 0. The number of carbonyl (C=O) groups excluding carboxylic acids is 1. The number of nitrogens with one attached hydrogen (secondary N) is 1. The molecule has 1 atom stereocenters. The maximum absolute atomic E-state index is 12.9. The number of piperazine rings is 1. The van der Waals surface area contributed by atoms with Crippen molar-refractivity contribution in [3.63, 3.8) is 0 Å². The molecule has 1 N–H and O–H groups in total. The van der Waals surface area contributed by atoms with Crippen LogP contribution in [0.5, 0.6) is 5.75 Å². The molecule has 7 nitrogen and oxygen atoms in total. The molecular weight excluding hydrogens is 410 g/mol. The first kappa shape index (κ1) is 21.4.